The number of hydrogen-bond acceptors (Lipinski definition) is 2. The first-order valence-electron chi connectivity index (χ1n) is 4.01. The Kier molecular flexibility index (Phi) is 3.79. The number of hydrogen-bond donors (Lipinski definition) is 0. The standard InChI is InChI=1S/C8H4F6INO/c1-3-5(17-8(12,13)14)2-4(15)6(16-3)7(9,10)11/h2H,1H3. The summed E-state index contributed by atoms with van der Waals surface area (Å²) in [5, 5.41) is 0. The summed E-state index contributed by atoms with van der Waals surface area (Å²) >= 11 is 1.25. The summed E-state index contributed by atoms with van der Waals surface area (Å²) < 4.78 is 75.9. The zero-order valence-corrected chi connectivity index (χ0v) is 10.2. The van der Waals surface area contributed by atoms with Crippen molar-refractivity contribution in [3.05, 3.63) is 21.0 Å². The van der Waals surface area contributed by atoms with Gasteiger partial charge < -0.3 is 4.74 Å². The van der Waals surface area contributed by atoms with Crippen molar-refractivity contribution in [3.63, 3.8) is 0 Å². The summed E-state index contributed by atoms with van der Waals surface area (Å²) in [7, 11) is 0. The molecule has 0 amide bonds. The molecule has 1 rings (SSSR count). The number of alkyl halides is 6. The van der Waals surface area contributed by atoms with Gasteiger partial charge in [0.25, 0.3) is 0 Å². The SMILES string of the molecule is Cc1nc(C(F)(F)F)c(I)cc1OC(F)(F)F. The highest BCUT2D eigenvalue weighted by molar-refractivity contribution is 14.1. The molecule has 1 heterocycles. The van der Waals surface area contributed by atoms with E-state index in [1.165, 1.54) is 22.6 Å². The fourth-order valence-electron chi connectivity index (χ4n) is 0.991. The number of aryl methyl sites for hydroxylation is 1. The normalized spacial score (nSPS) is 12.7. The van der Waals surface area contributed by atoms with E-state index in [1.54, 1.807) is 0 Å². The van der Waals surface area contributed by atoms with Gasteiger partial charge in [-0.2, -0.15) is 13.2 Å². The minimum Gasteiger partial charge on any atom is -0.404 e. The predicted octanol–water partition coefficient (Wildman–Crippen LogP) is 3.91. The van der Waals surface area contributed by atoms with Gasteiger partial charge in [-0.15, -0.1) is 13.2 Å². The minimum atomic E-state index is -4.96. The lowest BCUT2D eigenvalue weighted by Crippen LogP contribution is -2.19. The smallest absolute Gasteiger partial charge is 0.404 e. The first-order valence-corrected chi connectivity index (χ1v) is 5.08. The second kappa shape index (κ2) is 4.50. The molecule has 0 saturated heterocycles. The van der Waals surface area contributed by atoms with Gasteiger partial charge in [-0.25, -0.2) is 4.98 Å². The Morgan fingerprint density at radius 3 is 2.12 bits per heavy atom. The van der Waals surface area contributed by atoms with Gasteiger partial charge in [0.1, 0.15) is 0 Å². The number of pyridine rings is 1. The van der Waals surface area contributed by atoms with Crippen LogP contribution in [0.25, 0.3) is 0 Å². The Balaban J connectivity index is 3.19. The van der Waals surface area contributed by atoms with Gasteiger partial charge in [0, 0.05) is 3.57 Å². The number of aromatic nitrogens is 1. The van der Waals surface area contributed by atoms with Crippen molar-refractivity contribution in [2.24, 2.45) is 0 Å². The second-order valence-corrected chi connectivity index (χ2v) is 4.11. The van der Waals surface area contributed by atoms with Crippen LogP contribution in [-0.4, -0.2) is 11.3 Å². The van der Waals surface area contributed by atoms with Crippen molar-refractivity contribution < 1.29 is 31.1 Å². The number of halogens is 7. The Hall–Kier alpha value is -0.740. The average Bonchev–Trinajstić information content (AvgIpc) is 2.06. The van der Waals surface area contributed by atoms with Gasteiger partial charge in [-0.05, 0) is 35.6 Å². The zero-order valence-electron chi connectivity index (χ0n) is 8.08. The monoisotopic (exact) mass is 371 g/mol. The van der Waals surface area contributed by atoms with E-state index in [9.17, 15) is 26.3 Å². The molecule has 0 radical (unpaired) electrons. The molecule has 96 valence electrons. The van der Waals surface area contributed by atoms with E-state index >= 15 is 0 Å². The van der Waals surface area contributed by atoms with Crippen LogP contribution < -0.4 is 4.74 Å². The topological polar surface area (TPSA) is 22.1 Å². The molecule has 0 aliphatic carbocycles. The van der Waals surface area contributed by atoms with Crippen molar-refractivity contribution in [1.29, 1.82) is 0 Å². The molecule has 1 aromatic heterocycles. The summed E-state index contributed by atoms with van der Waals surface area (Å²) in [4.78, 5) is 3.07. The van der Waals surface area contributed by atoms with Gasteiger partial charge in [-0.3, -0.25) is 0 Å². The van der Waals surface area contributed by atoms with Gasteiger partial charge in [0.15, 0.2) is 11.4 Å². The van der Waals surface area contributed by atoms with E-state index < -0.39 is 33.2 Å². The van der Waals surface area contributed by atoms with Crippen molar-refractivity contribution in [2.45, 2.75) is 19.5 Å². The van der Waals surface area contributed by atoms with Gasteiger partial charge >= 0.3 is 12.5 Å². The molecule has 0 aliphatic heterocycles. The Bertz CT molecular complexity index is 427. The molecule has 2 nitrogen and oxygen atoms in total. The Labute approximate surface area is 105 Å². The molecular weight excluding hydrogens is 367 g/mol. The average molecular weight is 371 g/mol. The van der Waals surface area contributed by atoms with E-state index in [1.807, 2.05) is 0 Å². The van der Waals surface area contributed by atoms with E-state index in [4.69, 9.17) is 0 Å². The lowest BCUT2D eigenvalue weighted by Gasteiger charge is -2.14. The maximum Gasteiger partial charge on any atom is 0.573 e. The van der Waals surface area contributed by atoms with Crippen LogP contribution in [0.5, 0.6) is 5.75 Å². The molecule has 0 unspecified atom stereocenters. The third kappa shape index (κ3) is 3.89. The highest BCUT2D eigenvalue weighted by Gasteiger charge is 2.37. The van der Waals surface area contributed by atoms with Crippen LogP contribution in [0.15, 0.2) is 6.07 Å². The van der Waals surface area contributed by atoms with Gasteiger partial charge in [0.2, 0.25) is 0 Å². The van der Waals surface area contributed by atoms with Crippen LogP contribution >= 0.6 is 22.6 Å². The van der Waals surface area contributed by atoms with Crippen molar-refractivity contribution >= 4 is 22.6 Å². The molecule has 1 aromatic rings. The number of rotatable bonds is 1. The summed E-state index contributed by atoms with van der Waals surface area (Å²) in [6.45, 7) is 1.01. The molecule has 0 bridgehead atoms. The van der Waals surface area contributed by atoms with E-state index in [-0.39, 0.29) is 0 Å². The van der Waals surface area contributed by atoms with E-state index in [0.29, 0.717) is 6.07 Å². The van der Waals surface area contributed by atoms with Crippen molar-refractivity contribution in [3.8, 4) is 5.75 Å². The molecule has 0 saturated carbocycles. The molecule has 0 fully saturated rings. The lowest BCUT2D eigenvalue weighted by atomic mass is 10.3. The highest BCUT2D eigenvalue weighted by atomic mass is 127. The number of nitrogens with zero attached hydrogens (tertiary/aromatic N) is 1. The van der Waals surface area contributed by atoms with Crippen LogP contribution in [0.4, 0.5) is 26.3 Å². The molecule has 17 heavy (non-hydrogen) atoms. The molecule has 0 spiro atoms. The molecule has 9 heteroatoms. The largest absolute Gasteiger partial charge is 0.573 e. The third-order valence-corrected chi connectivity index (χ3v) is 2.44. The molecule has 0 atom stereocenters. The maximum absolute atomic E-state index is 12.4. The van der Waals surface area contributed by atoms with Gasteiger partial charge in [0.05, 0.1) is 5.69 Å². The first kappa shape index (κ1) is 14.3. The van der Waals surface area contributed by atoms with Crippen LogP contribution in [0, 0.1) is 10.5 Å². The summed E-state index contributed by atoms with van der Waals surface area (Å²) in [6.07, 6.45) is -9.67. The van der Waals surface area contributed by atoms with Gasteiger partial charge in [-0.1, -0.05) is 0 Å². The molecule has 0 aliphatic rings. The first-order chi connectivity index (χ1) is 7.50. The van der Waals surface area contributed by atoms with Crippen LogP contribution in [0.3, 0.4) is 0 Å². The van der Waals surface area contributed by atoms with E-state index in [2.05, 4.69) is 9.72 Å². The van der Waals surface area contributed by atoms with E-state index in [0.717, 1.165) is 6.92 Å². The van der Waals surface area contributed by atoms with Crippen LogP contribution in [0.2, 0.25) is 0 Å². The predicted molar refractivity (Wildman–Crippen MR) is 53.4 cm³/mol. The fourth-order valence-corrected chi connectivity index (χ4v) is 1.70. The summed E-state index contributed by atoms with van der Waals surface area (Å²) in [5.41, 5.74) is -1.71. The second-order valence-electron chi connectivity index (χ2n) is 2.95. The summed E-state index contributed by atoms with van der Waals surface area (Å²) in [5.74, 6) is -0.741. The maximum atomic E-state index is 12.4. The number of ether oxygens (including phenoxy) is 1. The third-order valence-electron chi connectivity index (χ3n) is 1.61. The van der Waals surface area contributed by atoms with Crippen molar-refractivity contribution in [2.75, 3.05) is 0 Å². The zero-order chi connectivity index (χ0) is 13.4. The quantitative estimate of drug-likeness (QED) is 0.552. The molecular formula is C8H4F6INO. The summed E-state index contributed by atoms with van der Waals surface area (Å²) in [6, 6.07) is 0.652. The highest BCUT2D eigenvalue weighted by Crippen LogP contribution is 2.35. The van der Waals surface area contributed by atoms with Crippen LogP contribution in [-0.2, 0) is 6.18 Å². The Morgan fingerprint density at radius 1 is 1.18 bits per heavy atom. The fraction of sp³-hybridized carbons (Fsp3) is 0.375. The molecule has 0 aromatic carbocycles. The molecule has 0 N–H and O–H groups in total. The lowest BCUT2D eigenvalue weighted by molar-refractivity contribution is -0.275. The minimum absolute atomic E-state index is 0.458. The van der Waals surface area contributed by atoms with Crippen molar-refractivity contribution in [1.82, 2.24) is 4.98 Å². The van der Waals surface area contributed by atoms with Crippen LogP contribution in [0.1, 0.15) is 11.4 Å². The Morgan fingerprint density at radius 2 is 1.71 bits per heavy atom.